The summed E-state index contributed by atoms with van der Waals surface area (Å²) in [5, 5.41) is 1.14. The van der Waals surface area contributed by atoms with Crippen LogP contribution in [-0.4, -0.2) is 40.8 Å². The van der Waals surface area contributed by atoms with Crippen LogP contribution >= 0.6 is 11.3 Å². The van der Waals surface area contributed by atoms with Gasteiger partial charge in [-0.1, -0.05) is 0 Å². The molecule has 4 rings (SSSR count). The first-order chi connectivity index (χ1) is 11.2. The van der Waals surface area contributed by atoms with Gasteiger partial charge in [0, 0.05) is 30.9 Å². The SMILES string of the molecule is O=S(=O)(c1cncs1)N1CCC(c2ccnc3[nH]ccc23)CC1. The van der Waals surface area contributed by atoms with Gasteiger partial charge < -0.3 is 4.98 Å². The molecule has 0 aliphatic carbocycles. The Morgan fingerprint density at radius 2 is 2.09 bits per heavy atom. The van der Waals surface area contributed by atoms with Gasteiger partial charge in [-0.2, -0.15) is 4.31 Å². The van der Waals surface area contributed by atoms with Crippen molar-refractivity contribution in [1.29, 1.82) is 0 Å². The van der Waals surface area contributed by atoms with Gasteiger partial charge in [-0.3, -0.25) is 4.98 Å². The average molecular weight is 348 g/mol. The third-order valence-electron chi connectivity index (χ3n) is 4.39. The monoisotopic (exact) mass is 348 g/mol. The summed E-state index contributed by atoms with van der Waals surface area (Å²) in [6.07, 6.45) is 6.78. The number of sulfonamides is 1. The van der Waals surface area contributed by atoms with Gasteiger partial charge in [-0.25, -0.2) is 13.4 Å². The molecule has 1 N–H and O–H groups in total. The smallest absolute Gasteiger partial charge is 0.254 e. The molecule has 6 nitrogen and oxygen atoms in total. The van der Waals surface area contributed by atoms with E-state index in [2.05, 4.69) is 15.0 Å². The molecule has 0 unspecified atom stereocenters. The lowest BCUT2D eigenvalue weighted by atomic mass is 9.89. The number of aromatic nitrogens is 3. The highest BCUT2D eigenvalue weighted by Gasteiger charge is 2.31. The second-order valence-corrected chi connectivity index (χ2v) is 8.69. The molecule has 23 heavy (non-hydrogen) atoms. The molecule has 0 atom stereocenters. The maximum atomic E-state index is 12.5. The van der Waals surface area contributed by atoms with Gasteiger partial charge in [0.05, 0.1) is 11.7 Å². The Kier molecular flexibility index (Phi) is 3.67. The number of hydrogen-bond donors (Lipinski definition) is 1. The van der Waals surface area contributed by atoms with E-state index in [1.54, 1.807) is 9.82 Å². The van der Waals surface area contributed by atoms with Crippen molar-refractivity contribution < 1.29 is 8.42 Å². The van der Waals surface area contributed by atoms with Crippen LogP contribution in [0, 0.1) is 0 Å². The van der Waals surface area contributed by atoms with Crippen LogP contribution in [-0.2, 0) is 10.0 Å². The summed E-state index contributed by atoms with van der Waals surface area (Å²) in [6, 6.07) is 4.09. The van der Waals surface area contributed by atoms with E-state index in [1.807, 2.05) is 24.5 Å². The molecule has 3 aromatic heterocycles. The molecule has 1 saturated heterocycles. The number of H-pyrrole nitrogens is 1. The van der Waals surface area contributed by atoms with Crippen LogP contribution in [0.4, 0.5) is 0 Å². The van der Waals surface area contributed by atoms with Crippen molar-refractivity contribution in [2.24, 2.45) is 0 Å². The minimum absolute atomic E-state index is 0.327. The molecule has 0 saturated carbocycles. The van der Waals surface area contributed by atoms with E-state index in [-0.39, 0.29) is 0 Å². The maximum Gasteiger partial charge on any atom is 0.254 e. The third-order valence-corrected chi connectivity index (χ3v) is 7.54. The van der Waals surface area contributed by atoms with Crippen molar-refractivity contribution >= 4 is 32.4 Å². The van der Waals surface area contributed by atoms with Crippen molar-refractivity contribution in [1.82, 2.24) is 19.3 Å². The van der Waals surface area contributed by atoms with Crippen LogP contribution < -0.4 is 0 Å². The van der Waals surface area contributed by atoms with Crippen LogP contribution in [0.5, 0.6) is 0 Å². The highest BCUT2D eigenvalue weighted by atomic mass is 32.2. The Morgan fingerprint density at radius 1 is 1.26 bits per heavy atom. The van der Waals surface area contributed by atoms with Crippen LogP contribution in [0.15, 0.2) is 40.4 Å². The van der Waals surface area contributed by atoms with E-state index >= 15 is 0 Å². The molecule has 8 heteroatoms. The van der Waals surface area contributed by atoms with E-state index in [0.717, 1.165) is 23.9 Å². The Hall–Kier alpha value is -1.77. The first-order valence-corrected chi connectivity index (χ1v) is 9.79. The number of piperidine rings is 1. The Bertz CT molecular complexity index is 910. The first-order valence-electron chi connectivity index (χ1n) is 7.47. The van der Waals surface area contributed by atoms with Crippen molar-refractivity contribution in [3.8, 4) is 0 Å². The number of nitrogens with one attached hydrogen (secondary N) is 1. The largest absolute Gasteiger partial charge is 0.346 e. The topological polar surface area (TPSA) is 79.0 Å². The summed E-state index contributed by atoms with van der Waals surface area (Å²) < 4.78 is 27.0. The normalized spacial score (nSPS) is 17.7. The number of thiazole rings is 1. The van der Waals surface area contributed by atoms with Crippen LogP contribution in [0.3, 0.4) is 0 Å². The summed E-state index contributed by atoms with van der Waals surface area (Å²) in [6.45, 7) is 1.08. The van der Waals surface area contributed by atoms with Crippen LogP contribution in [0.25, 0.3) is 11.0 Å². The number of aromatic amines is 1. The van der Waals surface area contributed by atoms with Crippen LogP contribution in [0.1, 0.15) is 24.3 Å². The molecular weight excluding hydrogens is 332 g/mol. The Labute approximate surface area is 138 Å². The summed E-state index contributed by atoms with van der Waals surface area (Å²) in [5.41, 5.74) is 3.70. The molecule has 3 aromatic rings. The van der Waals surface area contributed by atoms with Crippen molar-refractivity contribution in [3.05, 3.63) is 41.8 Å². The zero-order valence-corrected chi connectivity index (χ0v) is 14.0. The molecule has 0 amide bonds. The van der Waals surface area contributed by atoms with E-state index in [1.165, 1.54) is 23.1 Å². The fourth-order valence-electron chi connectivity index (χ4n) is 3.20. The zero-order chi connectivity index (χ0) is 15.9. The summed E-state index contributed by atoms with van der Waals surface area (Å²) >= 11 is 1.17. The Balaban J connectivity index is 1.55. The van der Waals surface area contributed by atoms with Crippen molar-refractivity contribution in [2.45, 2.75) is 23.0 Å². The molecule has 0 spiro atoms. The first kappa shape index (κ1) is 14.8. The second-order valence-electron chi connectivity index (χ2n) is 5.64. The predicted molar refractivity (Wildman–Crippen MR) is 88.9 cm³/mol. The van der Waals surface area contributed by atoms with Crippen LogP contribution in [0.2, 0.25) is 0 Å². The second kappa shape index (κ2) is 5.70. The van der Waals surface area contributed by atoms with E-state index in [0.29, 0.717) is 23.2 Å². The number of pyridine rings is 1. The van der Waals surface area contributed by atoms with Gasteiger partial charge in [-0.05, 0) is 36.5 Å². The third kappa shape index (κ3) is 2.56. The summed E-state index contributed by atoms with van der Waals surface area (Å²) in [4.78, 5) is 11.3. The van der Waals surface area contributed by atoms with Crippen molar-refractivity contribution in [2.75, 3.05) is 13.1 Å². The lowest BCUT2D eigenvalue weighted by Crippen LogP contribution is -2.37. The molecular formula is C15H16N4O2S2. The van der Waals surface area contributed by atoms with E-state index in [4.69, 9.17) is 0 Å². The average Bonchev–Trinajstić information content (AvgIpc) is 3.26. The lowest BCUT2D eigenvalue weighted by Gasteiger charge is -2.31. The number of fused-ring (bicyclic) bond motifs is 1. The zero-order valence-electron chi connectivity index (χ0n) is 12.3. The van der Waals surface area contributed by atoms with E-state index < -0.39 is 10.0 Å². The van der Waals surface area contributed by atoms with Crippen molar-refractivity contribution in [3.63, 3.8) is 0 Å². The minimum atomic E-state index is -3.39. The van der Waals surface area contributed by atoms with Gasteiger partial charge in [0.25, 0.3) is 10.0 Å². The lowest BCUT2D eigenvalue weighted by molar-refractivity contribution is 0.321. The number of nitrogens with zero attached hydrogens (tertiary/aromatic N) is 3. The Morgan fingerprint density at radius 3 is 2.83 bits per heavy atom. The summed E-state index contributed by atoms with van der Waals surface area (Å²) in [5.74, 6) is 0.365. The number of hydrogen-bond acceptors (Lipinski definition) is 5. The fraction of sp³-hybridized carbons (Fsp3) is 0.333. The fourth-order valence-corrected chi connectivity index (χ4v) is 5.62. The minimum Gasteiger partial charge on any atom is -0.346 e. The molecule has 4 heterocycles. The molecule has 0 aromatic carbocycles. The standard InChI is InChI=1S/C15H16N4O2S2/c20-23(21,14-9-16-10-22-14)19-7-3-11(4-8-19)12-1-5-17-15-13(12)2-6-18-15/h1-2,5-6,9-11H,3-4,7-8H2,(H,17,18). The predicted octanol–water partition coefficient (Wildman–Crippen LogP) is 2.59. The molecule has 0 bridgehead atoms. The molecule has 120 valence electrons. The quantitative estimate of drug-likeness (QED) is 0.789. The van der Waals surface area contributed by atoms with Gasteiger partial charge in [0.2, 0.25) is 0 Å². The highest BCUT2D eigenvalue weighted by molar-refractivity contribution is 7.91. The molecule has 1 aliphatic heterocycles. The van der Waals surface area contributed by atoms with Gasteiger partial charge in [-0.15, -0.1) is 11.3 Å². The number of rotatable bonds is 3. The van der Waals surface area contributed by atoms with Gasteiger partial charge in [0.15, 0.2) is 4.21 Å². The van der Waals surface area contributed by atoms with Gasteiger partial charge in [0.1, 0.15) is 5.65 Å². The highest BCUT2D eigenvalue weighted by Crippen LogP contribution is 2.34. The van der Waals surface area contributed by atoms with Gasteiger partial charge >= 0.3 is 0 Å². The maximum absolute atomic E-state index is 12.5. The summed E-state index contributed by atoms with van der Waals surface area (Å²) in [7, 11) is -3.39. The molecule has 1 aliphatic rings. The molecule has 1 fully saturated rings. The molecule has 0 radical (unpaired) electrons. The van der Waals surface area contributed by atoms with E-state index in [9.17, 15) is 8.42 Å².